The number of aromatic hydroxyl groups is 1. The summed E-state index contributed by atoms with van der Waals surface area (Å²) in [6, 6.07) is 21.3. The van der Waals surface area contributed by atoms with Gasteiger partial charge in [-0.25, -0.2) is 0 Å². The number of nitrogens with zero attached hydrogens (tertiary/aromatic N) is 2. The summed E-state index contributed by atoms with van der Waals surface area (Å²) in [7, 11) is 3.93. The highest BCUT2D eigenvalue weighted by Gasteiger charge is 2.57. The van der Waals surface area contributed by atoms with Crippen LogP contribution in [0.1, 0.15) is 41.6 Å². The zero-order valence-electron chi connectivity index (χ0n) is 19.4. The van der Waals surface area contributed by atoms with Crippen molar-refractivity contribution in [2.45, 2.75) is 42.7 Å². The number of likely N-dealkylation sites (N-methyl/N-ethyl adjacent to an activating group) is 1. The molecule has 3 aromatic rings. The highest BCUT2D eigenvalue weighted by Crippen LogP contribution is 2.52. The molecule has 2 fully saturated rings. The number of β-amino-alcohol motifs (C(OH)–C–C–N with tert-alkyl or cyclic N) is 1. The van der Waals surface area contributed by atoms with Crippen LogP contribution in [0.2, 0.25) is 0 Å². The van der Waals surface area contributed by atoms with E-state index in [2.05, 4.69) is 11.0 Å². The Hall–Kier alpha value is -2.89. The highest BCUT2D eigenvalue weighted by atomic mass is 16.3. The van der Waals surface area contributed by atoms with Gasteiger partial charge in [0, 0.05) is 30.6 Å². The zero-order chi connectivity index (χ0) is 23.2. The fourth-order valence-electron chi connectivity index (χ4n) is 6.17. The number of benzene rings is 3. The third-order valence-corrected chi connectivity index (χ3v) is 8.08. The quantitative estimate of drug-likeness (QED) is 0.636. The first-order valence-electron chi connectivity index (χ1n) is 11.8. The topological polar surface area (TPSA) is 64.0 Å². The maximum atomic E-state index is 13.5. The minimum atomic E-state index is -0.892. The molecule has 1 saturated heterocycles. The Bertz CT molecular complexity index is 1190. The average Bonchev–Trinajstić information content (AvgIpc) is 2.82. The van der Waals surface area contributed by atoms with Gasteiger partial charge in [-0.15, -0.1) is 0 Å². The Labute approximate surface area is 195 Å². The number of piperidine rings is 1. The molecule has 1 aliphatic carbocycles. The molecule has 5 nitrogen and oxygen atoms in total. The predicted octanol–water partition coefficient (Wildman–Crippen LogP) is 4.17. The molecule has 33 heavy (non-hydrogen) atoms. The fourth-order valence-corrected chi connectivity index (χ4v) is 6.17. The van der Waals surface area contributed by atoms with E-state index in [0.29, 0.717) is 24.9 Å². The van der Waals surface area contributed by atoms with Crippen molar-refractivity contribution in [3.8, 4) is 5.75 Å². The SMILES string of the molecule is CN1CC[C@@]2(c3cccc(O)c3)C[C@@H](N(C)C(=O)c3ccc4ccccc4c3)CC[C@]2(O)C1. The Kier molecular flexibility index (Phi) is 5.42. The second kappa shape index (κ2) is 8.15. The van der Waals surface area contributed by atoms with Crippen LogP contribution in [0.3, 0.4) is 0 Å². The summed E-state index contributed by atoms with van der Waals surface area (Å²) in [4.78, 5) is 17.5. The van der Waals surface area contributed by atoms with Crippen molar-refractivity contribution in [1.29, 1.82) is 0 Å². The minimum Gasteiger partial charge on any atom is -0.508 e. The second-order valence-electron chi connectivity index (χ2n) is 10.0. The summed E-state index contributed by atoms with van der Waals surface area (Å²) in [5.41, 5.74) is 0.261. The minimum absolute atomic E-state index is 0.00926. The van der Waals surface area contributed by atoms with Gasteiger partial charge in [-0.2, -0.15) is 0 Å². The van der Waals surface area contributed by atoms with E-state index >= 15 is 0 Å². The highest BCUT2D eigenvalue weighted by molar-refractivity contribution is 5.98. The number of rotatable bonds is 3. The van der Waals surface area contributed by atoms with Crippen molar-refractivity contribution in [2.75, 3.05) is 27.2 Å². The molecule has 2 N–H and O–H groups in total. The van der Waals surface area contributed by atoms with E-state index < -0.39 is 11.0 Å². The number of fused-ring (bicyclic) bond motifs is 2. The average molecular weight is 445 g/mol. The van der Waals surface area contributed by atoms with Crippen LogP contribution in [0.4, 0.5) is 0 Å². The van der Waals surface area contributed by atoms with Crippen molar-refractivity contribution >= 4 is 16.7 Å². The molecule has 0 spiro atoms. The summed E-state index contributed by atoms with van der Waals surface area (Å²) in [6.07, 6.45) is 2.84. The first-order chi connectivity index (χ1) is 15.8. The van der Waals surface area contributed by atoms with E-state index in [4.69, 9.17) is 0 Å². The lowest BCUT2D eigenvalue weighted by Gasteiger charge is -2.58. The van der Waals surface area contributed by atoms with Crippen molar-refractivity contribution in [3.63, 3.8) is 0 Å². The van der Waals surface area contributed by atoms with Gasteiger partial charge in [0.15, 0.2) is 0 Å². The number of carbonyl (C=O) groups excluding carboxylic acids is 1. The van der Waals surface area contributed by atoms with Gasteiger partial charge in [0.2, 0.25) is 0 Å². The zero-order valence-corrected chi connectivity index (χ0v) is 19.4. The lowest BCUT2D eigenvalue weighted by atomic mass is 9.55. The van der Waals surface area contributed by atoms with Crippen LogP contribution in [0.5, 0.6) is 5.75 Å². The van der Waals surface area contributed by atoms with E-state index in [9.17, 15) is 15.0 Å². The number of hydrogen-bond donors (Lipinski definition) is 2. The molecule has 3 aromatic carbocycles. The molecule has 0 unspecified atom stereocenters. The molecule has 1 amide bonds. The predicted molar refractivity (Wildman–Crippen MR) is 131 cm³/mol. The number of likely N-dealkylation sites (tertiary alicyclic amines) is 1. The van der Waals surface area contributed by atoms with Crippen LogP contribution in [0, 0.1) is 0 Å². The van der Waals surface area contributed by atoms with Gasteiger partial charge in [0.05, 0.1) is 5.60 Å². The van der Waals surface area contributed by atoms with E-state index in [-0.39, 0.29) is 17.7 Å². The molecule has 1 aliphatic heterocycles. The number of aliphatic hydroxyl groups is 1. The number of amides is 1. The first-order valence-corrected chi connectivity index (χ1v) is 11.8. The normalized spacial score (nSPS) is 27.8. The van der Waals surface area contributed by atoms with Gasteiger partial charge in [0.1, 0.15) is 5.75 Å². The third-order valence-electron chi connectivity index (χ3n) is 8.08. The fraction of sp³-hybridized carbons (Fsp3) is 0.393. The molecule has 2 aliphatic rings. The molecule has 0 bridgehead atoms. The van der Waals surface area contributed by atoms with Crippen LogP contribution in [-0.2, 0) is 5.41 Å². The van der Waals surface area contributed by atoms with E-state index in [1.165, 1.54) is 0 Å². The van der Waals surface area contributed by atoms with Crippen molar-refractivity contribution in [1.82, 2.24) is 9.80 Å². The van der Waals surface area contributed by atoms with Crippen molar-refractivity contribution < 1.29 is 15.0 Å². The van der Waals surface area contributed by atoms with Gasteiger partial charge < -0.3 is 20.0 Å². The van der Waals surface area contributed by atoms with Gasteiger partial charge in [-0.3, -0.25) is 4.79 Å². The van der Waals surface area contributed by atoms with Gasteiger partial charge in [-0.1, -0.05) is 42.5 Å². The van der Waals surface area contributed by atoms with E-state index in [1.807, 2.05) is 67.5 Å². The maximum Gasteiger partial charge on any atom is 0.253 e. The standard InChI is InChI=1S/C28H32N2O3/c1-29-15-14-27(23-8-5-9-25(31)17-23)18-24(12-13-28(27,33)19-29)30(2)26(32)22-11-10-20-6-3-4-7-21(20)16-22/h3-11,16-17,24,31,33H,12-15,18-19H2,1-2H3/t24-,27-,28-/m0/s1. The summed E-state index contributed by atoms with van der Waals surface area (Å²) in [5, 5.41) is 24.3. The maximum absolute atomic E-state index is 13.5. The first kappa shape index (κ1) is 21.9. The molecular formula is C28H32N2O3. The van der Waals surface area contributed by atoms with Gasteiger partial charge in [0.25, 0.3) is 5.91 Å². The molecule has 1 heterocycles. The summed E-state index contributed by atoms with van der Waals surface area (Å²) < 4.78 is 0. The smallest absolute Gasteiger partial charge is 0.253 e. The Morgan fingerprint density at radius 2 is 1.82 bits per heavy atom. The third kappa shape index (κ3) is 3.69. The molecule has 5 rings (SSSR count). The number of carbonyl (C=O) groups is 1. The molecule has 5 heteroatoms. The molecule has 0 radical (unpaired) electrons. The molecule has 3 atom stereocenters. The largest absolute Gasteiger partial charge is 0.508 e. The van der Waals surface area contributed by atoms with Crippen LogP contribution in [0.25, 0.3) is 10.8 Å². The Balaban J connectivity index is 1.47. The Morgan fingerprint density at radius 1 is 1.03 bits per heavy atom. The second-order valence-corrected chi connectivity index (χ2v) is 10.0. The summed E-state index contributed by atoms with van der Waals surface area (Å²) in [6.45, 7) is 1.46. The molecule has 0 aromatic heterocycles. The lowest BCUT2D eigenvalue weighted by Crippen LogP contribution is -2.66. The van der Waals surface area contributed by atoms with E-state index in [1.54, 1.807) is 12.1 Å². The van der Waals surface area contributed by atoms with Crippen LogP contribution < -0.4 is 0 Å². The Morgan fingerprint density at radius 3 is 2.61 bits per heavy atom. The summed E-state index contributed by atoms with van der Waals surface area (Å²) in [5.74, 6) is 0.223. The van der Waals surface area contributed by atoms with Crippen LogP contribution in [0.15, 0.2) is 66.7 Å². The molecule has 172 valence electrons. The number of phenols is 1. The number of hydrogen-bond acceptors (Lipinski definition) is 4. The van der Waals surface area contributed by atoms with Crippen molar-refractivity contribution in [2.24, 2.45) is 0 Å². The van der Waals surface area contributed by atoms with Crippen LogP contribution in [-0.4, -0.2) is 64.7 Å². The van der Waals surface area contributed by atoms with Gasteiger partial charge in [-0.05, 0) is 79.9 Å². The number of phenolic OH excluding ortho intramolecular Hbond substituents is 1. The van der Waals surface area contributed by atoms with E-state index in [0.717, 1.165) is 35.7 Å². The van der Waals surface area contributed by atoms with Crippen LogP contribution >= 0.6 is 0 Å². The molecule has 1 saturated carbocycles. The van der Waals surface area contributed by atoms with Gasteiger partial charge >= 0.3 is 0 Å². The summed E-state index contributed by atoms with van der Waals surface area (Å²) >= 11 is 0. The molecular weight excluding hydrogens is 412 g/mol. The van der Waals surface area contributed by atoms with Crippen molar-refractivity contribution in [3.05, 3.63) is 77.9 Å². The lowest BCUT2D eigenvalue weighted by molar-refractivity contribution is -0.127. The monoisotopic (exact) mass is 444 g/mol.